The summed E-state index contributed by atoms with van der Waals surface area (Å²) in [6.45, 7) is 0. The van der Waals surface area contributed by atoms with Crippen LogP contribution in [-0.4, -0.2) is 27.1 Å². The molecular formula is C14H12N4O. The fourth-order valence-corrected chi connectivity index (χ4v) is 1.86. The second-order valence-corrected chi connectivity index (χ2v) is 3.97. The summed E-state index contributed by atoms with van der Waals surface area (Å²) in [6.07, 6.45) is 5.25. The Labute approximate surface area is 110 Å². The second-order valence-electron chi connectivity index (χ2n) is 3.97. The van der Waals surface area contributed by atoms with Crippen molar-refractivity contribution < 1.29 is 4.74 Å². The van der Waals surface area contributed by atoms with Gasteiger partial charge >= 0.3 is 0 Å². The van der Waals surface area contributed by atoms with Gasteiger partial charge in [-0.3, -0.25) is 4.98 Å². The van der Waals surface area contributed by atoms with Crippen molar-refractivity contribution in [3.63, 3.8) is 0 Å². The molecule has 0 radical (unpaired) electrons. The van der Waals surface area contributed by atoms with Gasteiger partial charge in [-0.25, -0.2) is 4.68 Å². The van der Waals surface area contributed by atoms with Crippen LogP contribution in [0, 0.1) is 0 Å². The molecule has 0 fully saturated rings. The van der Waals surface area contributed by atoms with Gasteiger partial charge in [-0.05, 0) is 36.4 Å². The monoisotopic (exact) mass is 252 g/mol. The van der Waals surface area contributed by atoms with Crippen LogP contribution in [0.25, 0.3) is 16.9 Å². The molecule has 0 N–H and O–H groups in total. The highest BCUT2D eigenvalue weighted by atomic mass is 16.5. The van der Waals surface area contributed by atoms with Crippen LogP contribution in [0.1, 0.15) is 0 Å². The van der Waals surface area contributed by atoms with Crippen LogP contribution in [0.5, 0.6) is 5.75 Å². The Hall–Kier alpha value is -2.69. The number of hydrogen-bond donors (Lipinski definition) is 0. The van der Waals surface area contributed by atoms with Gasteiger partial charge in [-0.15, -0.1) is 5.10 Å². The molecule has 3 aromatic rings. The topological polar surface area (TPSA) is 52.8 Å². The van der Waals surface area contributed by atoms with E-state index in [1.54, 1.807) is 30.4 Å². The zero-order valence-corrected chi connectivity index (χ0v) is 10.4. The van der Waals surface area contributed by atoms with Crippen molar-refractivity contribution in [3.05, 3.63) is 55.0 Å². The molecule has 19 heavy (non-hydrogen) atoms. The van der Waals surface area contributed by atoms with Gasteiger partial charge in [-0.1, -0.05) is 5.21 Å². The molecule has 0 saturated carbocycles. The predicted molar refractivity (Wildman–Crippen MR) is 71.1 cm³/mol. The maximum atomic E-state index is 5.15. The zero-order valence-electron chi connectivity index (χ0n) is 10.4. The zero-order chi connectivity index (χ0) is 13.1. The molecule has 0 bridgehead atoms. The van der Waals surface area contributed by atoms with Crippen molar-refractivity contribution in [2.45, 2.75) is 0 Å². The first-order chi connectivity index (χ1) is 9.38. The fraction of sp³-hybridized carbons (Fsp3) is 0.0714. The van der Waals surface area contributed by atoms with Crippen LogP contribution in [0.15, 0.2) is 55.0 Å². The van der Waals surface area contributed by atoms with E-state index in [9.17, 15) is 0 Å². The summed E-state index contributed by atoms with van der Waals surface area (Å²) >= 11 is 0. The molecular weight excluding hydrogens is 240 g/mol. The third-order valence-electron chi connectivity index (χ3n) is 2.82. The minimum atomic E-state index is 0.812. The molecule has 0 aliphatic heterocycles. The molecule has 0 spiro atoms. The number of aromatic nitrogens is 4. The number of rotatable bonds is 3. The maximum absolute atomic E-state index is 5.15. The summed E-state index contributed by atoms with van der Waals surface area (Å²) in [6, 6.07) is 11.5. The van der Waals surface area contributed by atoms with E-state index < -0.39 is 0 Å². The van der Waals surface area contributed by atoms with Crippen LogP contribution < -0.4 is 4.74 Å². The Balaban J connectivity index is 2.04. The largest absolute Gasteiger partial charge is 0.497 e. The summed E-state index contributed by atoms with van der Waals surface area (Å²) in [7, 11) is 1.64. The van der Waals surface area contributed by atoms with E-state index in [1.165, 1.54) is 0 Å². The van der Waals surface area contributed by atoms with Gasteiger partial charge in [0.15, 0.2) is 0 Å². The highest BCUT2D eigenvalue weighted by molar-refractivity contribution is 5.59. The van der Waals surface area contributed by atoms with Gasteiger partial charge < -0.3 is 4.74 Å². The van der Waals surface area contributed by atoms with Crippen molar-refractivity contribution in [3.8, 4) is 22.7 Å². The lowest BCUT2D eigenvalue weighted by atomic mass is 10.2. The van der Waals surface area contributed by atoms with E-state index in [4.69, 9.17) is 4.74 Å². The normalized spacial score (nSPS) is 10.4. The average Bonchev–Trinajstić information content (AvgIpc) is 2.98. The average molecular weight is 252 g/mol. The van der Waals surface area contributed by atoms with Crippen molar-refractivity contribution in [1.82, 2.24) is 20.0 Å². The Morgan fingerprint density at radius 1 is 1.05 bits per heavy atom. The lowest BCUT2D eigenvalue weighted by molar-refractivity contribution is 0.414. The standard InChI is InChI=1S/C14H12N4O/c1-19-13-6-4-12(5-7-13)18-14(10-16-17-18)11-3-2-8-15-9-11/h2-10H,1H3. The number of pyridine rings is 1. The van der Waals surface area contributed by atoms with Crippen LogP contribution in [0.4, 0.5) is 0 Å². The van der Waals surface area contributed by atoms with E-state index in [-0.39, 0.29) is 0 Å². The van der Waals surface area contributed by atoms with E-state index in [0.29, 0.717) is 0 Å². The molecule has 1 aromatic carbocycles. The first-order valence-corrected chi connectivity index (χ1v) is 5.84. The number of nitrogens with zero attached hydrogens (tertiary/aromatic N) is 4. The van der Waals surface area contributed by atoms with Crippen LogP contribution in [0.3, 0.4) is 0 Å². The Bertz CT molecular complexity index is 661. The fourth-order valence-electron chi connectivity index (χ4n) is 1.86. The number of benzene rings is 1. The minimum absolute atomic E-state index is 0.812. The van der Waals surface area contributed by atoms with Gasteiger partial charge in [0.25, 0.3) is 0 Å². The number of methoxy groups -OCH3 is 1. The van der Waals surface area contributed by atoms with Gasteiger partial charge in [0.1, 0.15) is 5.75 Å². The minimum Gasteiger partial charge on any atom is -0.497 e. The number of ether oxygens (including phenoxy) is 1. The van der Waals surface area contributed by atoms with Gasteiger partial charge in [0.05, 0.1) is 24.7 Å². The van der Waals surface area contributed by atoms with Crippen molar-refractivity contribution in [1.29, 1.82) is 0 Å². The Kier molecular flexibility index (Phi) is 2.94. The van der Waals surface area contributed by atoms with Crippen LogP contribution in [-0.2, 0) is 0 Å². The SMILES string of the molecule is COc1ccc(-n2nncc2-c2cccnc2)cc1. The quantitative estimate of drug-likeness (QED) is 0.718. The Morgan fingerprint density at radius 3 is 2.58 bits per heavy atom. The first kappa shape index (κ1) is 11.4. The molecule has 0 atom stereocenters. The predicted octanol–water partition coefficient (Wildman–Crippen LogP) is 2.34. The molecule has 0 aliphatic carbocycles. The van der Waals surface area contributed by atoms with Gasteiger partial charge in [0, 0.05) is 18.0 Å². The molecule has 0 saturated heterocycles. The van der Waals surface area contributed by atoms with Crippen LogP contribution in [0.2, 0.25) is 0 Å². The lowest BCUT2D eigenvalue weighted by Gasteiger charge is -2.06. The number of hydrogen-bond acceptors (Lipinski definition) is 4. The lowest BCUT2D eigenvalue weighted by Crippen LogP contribution is -1.99. The molecule has 0 amide bonds. The van der Waals surface area contributed by atoms with Crippen molar-refractivity contribution in [2.75, 3.05) is 7.11 Å². The summed E-state index contributed by atoms with van der Waals surface area (Å²) < 4.78 is 6.92. The summed E-state index contributed by atoms with van der Waals surface area (Å²) in [5, 5.41) is 8.09. The molecule has 5 heteroatoms. The van der Waals surface area contributed by atoms with E-state index >= 15 is 0 Å². The molecule has 0 aliphatic rings. The highest BCUT2D eigenvalue weighted by Crippen LogP contribution is 2.21. The molecule has 0 unspecified atom stereocenters. The molecule has 94 valence electrons. The van der Waals surface area contributed by atoms with E-state index in [0.717, 1.165) is 22.7 Å². The third-order valence-corrected chi connectivity index (χ3v) is 2.82. The van der Waals surface area contributed by atoms with Gasteiger partial charge in [0.2, 0.25) is 0 Å². The first-order valence-electron chi connectivity index (χ1n) is 5.84. The van der Waals surface area contributed by atoms with E-state index in [2.05, 4.69) is 15.3 Å². The maximum Gasteiger partial charge on any atom is 0.119 e. The van der Waals surface area contributed by atoms with E-state index in [1.807, 2.05) is 36.4 Å². The van der Waals surface area contributed by atoms with Crippen molar-refractivity contribution in [2.24, 2.45) is 0 Å². The second kappa shape index (κ2) is 4.89. The summed E-state index contributed by atoms with van der Waals surface area (Å²) in [4.78, 5) is 4.11. The van der Waals surface area contributed by atoms with Crippen LogP contribution >= 0.6 is 0 Å². The summed E-state index contributed by atoms with van der Waals surface area (Å²) in [5.74, 6) is 0.812. The van der Waals surface area contributed by atoms with Crippen molar-refractivity contribution >= 4 is 0 Å². The smallest absolute Gasteiger partial charge is 0.119 e. The molecule has 2 aromatic heterocycles. The molecule has 2 heterocycles. The van der Waals surface area contributed by atoms with Gasteiger partial charge in [-0.2, -0.15) is 0 Å². The molecule has 3 rings (SSSR count). The Morgan fingerprint density at radius 2 is 1.89 bits per heavy atom. The third kappa shape index (κ3) is 2.18. The summed E-state index contributed by atoms with van der Waals surface area (Å²) in [5.41, 5.74) is 2.80. The molecule has 5 nitrogen and oxygen atoms in total. The highest BCUT2D eigenvalue weighted by Gasteiger charge is 2.08.